The van der Waals surface area contributed by atoms with Gasteiger partial charge in [-0.15, -0.1) is 0 Å². The molecule has 1 aliphatic carbocycles. The topological polar surface area (TPSA) is 66.4 Å². The van der Waals surface area contributed by atoms with Gasteiger partial charge in [-0.1, -0.05) is 12.1 Å². The number of hydrogen-bond acceptors (Lipinski definition) is 3. The van der Waals surface area contributed by atoms with Crippen LogP contribution in [0.4, 0.5) is 4.39 Å². The highest BCUT2D eigenvalue weighted by atomic mass is 32.2. The predicted octanol–water partition coefficient (Wildman–Crippen LogP) is 1.02. The number of hydrogen-bond donors (Lipinski definition) is 2. The zero-order valence-corrected chi connectivity index (χ0v) is 10.7. The first-order valence-corrected chi connectivity index (χ1v) is 7.43. The maximum Gasteiger partial charge on any atom is 0.215 e. The van der Waals surface area contributed by atoms with Gasteiger partial charge in [0, 0.05) is 18.6 Å². The molecular formula is C12H16FNO3S. The summed E-state index contributed by atoms with van der Waals surface area (Å²) in [5, 5.41) is 9.10. The lowest BCUT2D eigenvalue weighted by atomic mass is 10.1. The van der Waals surface area contributed by atoms with Gasteiger partial charge in [0.05, 0.1) is 5.75 Å². The van der Waals surface area contributed by atoms with Crippen molar-refractivity contribution < 1.29 is 17.9 Å². The zero-order valence-electron chi connectivity index (χ0n) is 9.89. The van der Waals surface area contributed by atoms with E-state index < -0.39 is 10.0 Å². The Morgan fingerprint density at radius 3 is 2.39 bits per heavy atom. The van der Waals surface area contributed by atoms with Crippen molar-refractivity contribution in [2.45, 2.75) is 18.6 Å². The Kier molecular flexibility index (Phi) is 3.70. The molecule has 0 bridgehead atoms. The first kappa shape index (κ1) is 13.5. The van der Waals surface area contributed by atoms with Gasteiger partial charge in [-0.05, 0) is 30.5 Å². The molecule has 1 aromatic carbocycles. The van der Waals surface area contributed by atoms with Crippen molar-refractivity contribution in [3.63, 3.8) is 0 Å². The molecule has 6 heteroatoms. The average Bonchev–Trinajstić information content (AvgIpc) is 3.10. The van der Waals surface area contributed by atoms with E-state index in [1.807, 2.05) is 0 Å². The third-order valence-corrected chi connectivity index (χ3v) is 4.53. The normalized spacial score (nSPS) is 17.7. The molecule has 1 saturated carbocycles. The smallest absolute Gasteiger partial charge is 0.215 e. The first-order chi connectivity index (χ1) is 8.45. The number of nitrogens with one attached hydrogen (secondary N) is 1. The van der Waals surface area contributed by atoms with Crippen LogP contribution in [0.5, 0.6) is 0 Å². The van der Waals surface area contributed by atoms with Crippen LogP contribution in [0.3, 0.4) is 0 Å². The fourth-order valence-electron chi connectivity index (χ4n) is 1.68. The largest absolute Gasteiger partial charge is 0.396 e. The van der Waals surface area contributed by atoms with E-state index in [-0.39, 0.29) is 30.1 Å². The lowest BCUT2D eigenvalue weighted by Crippen LogP contribution is -2.32. The SMILES string of the molecule is O=S(=O)(Cc1ccc(F)cc1)NCC1(CO)CC1. The van der Waals surface area contributed by atoms with Gasteiger partial charge in [-0.3, -0.25) is 0 Å². The summed E-state index contributed by atoms with van der Waals surface area (Å²) in [4.78, 5) is 0. The maximum absolute atomic E-state index is 12.7. The average molecular weight is 273 g/mol. The summed E-state index contributed by atoms with van der Waals surface area (Å²) in [6.07, 6.45) is 1.70. The Bertz CT molecular complexity index is 509. The summed E-state index contributed by atoms with van der Waals surface area (Å²) in [6, 6.07) is 5.38. The molecule has 2 rings (SSSR count). The highest BCUT2D eigenvalue weighted by Gasteiger charge is 2.42. The number of halogens is 1. The molecule has 0 aliphatic heterocycles. The third-order valence-electron chi connectivity index (χ3n) is 3.23. The van der Waals surface area contributed by atoms with Gasteiger partial charge in [-0.2, -0.15) is 0 Å². The van der Waals surface area contributed by atoms with Crippen LogP contribution >= 0.6 is 0 Å². The lowest BCUT2D eigenvalue weighted by molar-refractivity contribution is 0.213. The molecule has 18 heavy (non-hydrogen) atoms. The molecule has 1 fully saturated rings. The van der Waals surface area contributed by atoms with Crippen LogP contribution in [0.2, 0.25) is 0 Å². The molecule has 2 N–H and O–H groups in total. The van der Waals surface area contributed by atoms with Crippen molar-refractivity contribution in [3.8, 4) is 0 Å². The van der Waals surface area contributed by atoms with Crippen molar-refractivity contribution in [1.82, 2.24) is 4.72 Å². The summed E-state index contributed by atoms with van der Waals surface area (Å²) in [6.45, 7) is 0.277. The van der Waals surface area contributed by atoms with E-state index in [9.17, 15) is 12.8 Å². The van der Waals surface area contributed by atoms with Crippen molar-refractivity contribution in [2.24, 2.45) is 5.41 Å². The predicted molar refractivity (Wildman–Crippen MR) is 65.8 cm³/mol. The second kappa shape index (κ2) is 4.95. The lowest BCUT2D eigenvalue weighted by Gasteiger charge is -2.13. The summed E-state index contributed by atoms with van der Waals surface area (Å²) in [7, 11) is -3.43. The minimum Gasteiger partial charge on any atom is -0.396 e. The molecule has 0 amide bonds. The van der Waals surface area contributed by atoms with E-state index >= 15 is 0 Å². The number of rotatable bonds is 6. The molecular weight excluding hydrogens is 257 g/mol. The first-order valence-electron chi connectivity index (χ1n) is 5.77. The van der Waals surface area contributed by atoms with E-state index in [0.717, 1.165) is 12.8 Å². The van der Waals surface area contributed by atoms with Crippen LogP contribution in [0.15, 0.2) is 24.3 Å². The van der Waals surface area contributed by atoms with Crippen LogP contribution in [-0.4, -0.2) is 26.7 Å². The Balaban J connectivity index is 1.93. The van der Waals surface area contributed by atoms with E-state index in [1.54, 1.807) is 0 Å². The zero-order chi connectivity index (χ0) is 13.2. The fraction of sp³-hybridized carbons (Fsp3) is 0.500. The van der Waals surface area contributed by atoms with Crippen molar-refractivity contribution >= 4 is 10.0 Å². The van der Waals surface area contributed by atoms with E-state index in [1.165, 1.54) is 24.3 Å². The number of benzene rings is 1. The second-order valence-corrected chi connectivity index (χ2v) is 6.67. The minimum atomic E-state index is -3.43. The van der Waals surface area contributed by atoms with Crippen molar-refractivity contribution in [1.29, 1.82) is 0 Å². The number of aliphatic hydroxyl groups is 1. The van der Waals surface area contributed by atoms with Crippen LogP contribution in [0.1, 0.15) is 18.4 Å². The highest BCUT2D eigenvalue weighted by Crippen LogP contribution is 2.44. The Labute approximate surface area is 106 Å². The minimum absolute atomic E-state index is 0.00602. The number of sulfonamides is 1. The van der Waals surface area contributed by atoms with E-state index in [0.29, 0.717) is 5.56 Å². The van der Waals surface area contributed by atoms with Gasteiger partial charge in [-0.25, -0.2) is 17.5 Å². The van der Waals surface area contributed by atoms with Crippen LogP contribution in [0.25, 0.3) is 0 Å². The molecule has 1 aromatic rings. The molecule has 0 saturated heterocycles. The van der Waals surface area contributed by atoms with Gasteiger partial charge in [0.25, 0.3) is 0 Å². The van der Waals surface area contributed by atoms with E-state index in [4.69, 9.17) is 5.11 Å². The van der Waals surface area contributed by atoms with Crippen LogP contribution in [0, 0.1) is 11.2 Å². The fourth-order valence-corrected chi connectivity index (χ4v) is 2.94. The molecule has 4 nitrogen and oxygen atoms in total. The molecule has 0 atom stereocenters. The number of aliphatic hydroxyl groups excluding tert-OH is 1. The van der Waals surface area contributed by atoms with Crippen molar-refractivity contribution in [3.05, 3.63) is 35.6 Å². The molecule has 0 radical (unpaired) electrons. The quantitative estimate of drug-likeness (QED) is 0.813. The Morgan fingerprint density at radius 2 is 1.89 bits per heavy atom. The van der Waals surface area contributed by atoms with Gasteiger partial charge in [0.2, 0.25) is 10.0 Å². The molecule has 0 unspecified atom stereocenters. The van der Waals surface area contributed by atoms with Crippen LogP contribution in [-0.2, 0) is 15.8 Å². The van der Waals surface area contributed by atoms with Gasteiger partial charge >= 0.3 is 0 Å². The van der Waals surface area contributed by atoms with Crippen LogP contribution < -0.4 is 4.72 Å². The van der Waals surface area contributed by atoms with Gasteiger partial charge in [0.15, 0.2) is 0 Å². The van der Waals surface area contributed by atoms with E-state index in [2.05, 4.69) is 4.72 Å². The van der Waals surface area contributed by atoms with Gasteiger partial charge in [0.1, 0.15) is 5.82 Å². The maximum atomic E-state index is 12.7. The summed E-state index contributed by atoms with van der Waals surface area (Å²) in [5.74, 6) is -0.560. The highest BCUT2D eigenvalue weighted by molar-refractivity contribution is 7.88. The molecule has 0 aromatic heterocycles. The Morgan fingerprint density at radius 1 is 1.28 bits per heavy atom. The molecule has 100 valence electrons. The molecule has 1 aliphatic rings. The van der Waals surface area contributed by atoms with Crippen molar-refractivity contribution in [2.75, 3.05) is 13.2 Å². The summed E-state index contributed by atoms with van der Waals surface area (Å²) < 4.78 is 38.8. The molecule has 0 heterocycles. The Hall–Kier alpha value is -0.980. The summed E-state index contributed by atoms with van der Waals surface area (Å²) >= 11 is 0. The second-order valence-electron chi connectivity index (χ2n) is 4.86. The summed E-state index contributed by atoms with van der Waals surface area (Å²) in [5.41, 5.74) is 0.285. The monoisotopic (exact) mass is 273 g/mol. The molecule has 0 spiro atoms. The van der Waals surface area contributed by atoms with Gasteiger partial charge < -0.3 is 5.11 Å². The standard InChI is InChI=1S/C12H16FNO3S/c13-11-3-1-10(2-4-11)7-18(16,17)14-8-12(9-15)5-6-12/h1-4,14-15H,5-9H2. The third kappa shape index (κ3) is 3.51.